The average Bonchev–Trinajstić information content (AvgIpc) is 3.03. The first kappa shape index (κ1) is 15.8. The second-order valence-corrected chi connectivity index (χ2v) is 5.63. The predicted molar refractivity (Wildman–Crippen MR) is 92.1 cm³/mol. The molecule has 0 saturated carbocycles. The third-order valence-electron chi connectivity index (χ3n) is 3.99. The molecule has 0 saturated heterocycles. The molecule has 1 amide bonds. The normalized spacial score (nSPS) is 11.8. The summed E-state index contributed by atoms with van der Waals surface area (Å²) in [6, 6.07) is 15.8. The van der Waals surface area contributed by atoms with Crippen molar-refractivity contribution >= 4 is 16.9 Å². The van der Waals surface area contributed by atoms with Crippen LogP contribution in [0.1, 0.15) is 11.1 Å². The lowest BCUT2D eigenvalue weighted by molar-refractivity contribution is -0.123. The van der Waals surface area contributed by atoms with Crippen molar-refractivity contribution in [1.29, 1.82) is 5.26 Å². The number of nitriles is 1. The molecule has 3 aromatic rings. The minimum absolute atomic E-state index is 0.230. The molecule has 5 heteroatoms. The fourth-order valence-corrected chi connectivity index (χ4v) is 2.70. The van der Waals surface area contributed by atoms with E-state index in [2.05, 4.69) is 21.4 Å². The van der Waals surface area contributed by atoms with Crippen LogP contribution >= 0.6 is 0 Å². The number of nitrogens with zero attached hydrogens (tertiary/aromatic N) is 2. The zero-order chi connectivity index (χ0) is 16.8. The smallest absolute Gasteiger partial charge is 0.237 e. The molecule has 0 aliphatic heterocycles. The minimum atomic E-state index is -0.708. The summed E-state index contributed by atoms with van der Waals surface area (Å²) in [5.41, 5.74) is 2.87. The Kier molecular flexibility index (Phi) is 4.87. The van der Waals surface area contributed by atoms with E-state index in [0.717, 1.165) is 28.6 Å². The van der Waals surface area contributed by atoms with Crippen molar-refractivity contribution in [2.45, 2.75) is 12.8 Å². The van der Waals surface area contributed by atoms with E-state index in [1.807, 2.05) is 48.7 Å². The van der Waals surface area contributed by atoms with Crippen LogP contribution in [-0.2, 0) is 17.6 Å². The molecule has 1 atom stereocenters. The van der Waals surface area contributed by atoms with Gasteiger partial charge in [-0.15, -0.1) is 0 Å². The molecular formula is C19H18N4O. The molecule has 0 aliphatic carbocycles. The van der Waals surface area contributed by atoms with Gasteiger partial charge in [0.15, 0.2) is 0 Å². The maximum absolute atomic E-state index is 12.3. The van der Waals surface area contributed by atoms with Gasteiger partial charge in [0.2, 0.25) is 5.91 Å². The van der Waals surface area contributed by atoms with Crippen molar-refractivity contribution in [3.8, 4) is 6.07 Å². The van der Waals surface area contributed by atoms with Gasteiger partial charge in [-0.25, -0.2) is 4.98 Å². The van der Waals surface area contributed by atoms with Gasteiger partial charge in [-0.05, 0) is 36.1 Å². The summed E-state index contributed by atoms with van der Waals surface area (Å²) in [7, 11) is 0. The van der Waals surface area contributed by atoms with E-state index >= 15 is 0 Å². The average molecular weight is 318 g/mol. The van der Waals surface area contributed by atoms with Gasteiger partial charge in [0.25, 0.3) is 0 Å². The van der Waals surface area contributed by atoms with Crippen LogP contribution in [-0.4, -0.2) is 22.4 Å². The number of benzene rings is 1. The van der Waals surface area contributed by atoms with Gasteiger partial charge in [-0.2, -0.15) is 5.26 Å². The van der Waals surface area contributed by atoms with Gasteiger partial charge in [0.1, 0.15) is 11.6 Å². The number of hydrogen-bond donors (Lipinski definition) is 2. The number of amides is 1. The second kappa shape index (κ2) is 7.42. The molecule has 0 fully saturated rings. The fourth-order valence-electron chi connectivity index (χ4n) is 2.70. The van der Waals surface area contributed by atoms with E-state index in [0.29, 0.717) is 13.0 Å². The Morgan fingerprint density at radius 2 is 2.08 bits per heavy atom. The van der Waals surface area contributed by atoms with Crippen molar-refractivity contribution in [3.05, 3.63) is 66.0 Å². The first-order valence-corrected chi connectivity index (χ1v) is 7.90. The third kappa shape index (κ3) is 3.61. The number of rotatable bonds is 6. The largest absolute Gasteiger partial charge is 0.355 e. The highest BCUT2D eigenvalue weighted by Crippen LogP contribution is 2.19. The van der Waals surface area contributed by atoms with Crippen LogP contribution < -0.4 is 5.32 Å². The SMILES string of the molecule is N#C[C@@H](Cc1c[nH]c2ncccc12)C(=O)NCCc1ccccc1. The monoisotopic (exact) mass is 318 g/mol. The third-order valence-corrected chi connectivity index (χ3v) is 3.99. The number of aromatic nitrogens is 2. The topological polar surface area (TPSA) is 81.6 Å². The standard InChI is InChI=1S/C19H18N4O/c20-12-15(11-16-13-23-18-17(16)7-4-9-21-18)19(24)22-10-8-14-5-2-1-3-6-14/h1-7,9,13,15H,8,10-11H2,(H,21,23)(H,22,24)/t15-/m1/s1. The molecule has 0 radical (unpaired) electrons. The number of carbonyl (C=O) groups is 1. The Morgan fingerprint density at radius 3 is 2.88 bits per heavy atom. The van der Waals surface area contributed by atoms with Crippen LogP contribution in [0.2, 0.25) is 0 Å². The summed E-state index contributed by atoms with van der Waals surface area (Å²) >= 11 is 0. The van der Waals surface area contributed by atoms with Gasteiger partial charge in [-0.1, -0.05) is 30.3 Å². The lowest BCUT2D eigenvalue weighted by atomic mass is 10.00. The molecule has 2 N–H and O–H groups in total. The summed E-state index contributed by atoms with van der Waals surface area (Å²) in [5, 5.41) is 13.2. The van der Waals surface area contributed by atoms with Crippen molar-refractivity contribution < 1.29 is 4.79 Å². The first-order valence-electron chi connectivity index (χ1n) is 7.90. The number of fused-ring (bicyclic) bond motifs is 1. The zero-order valence-corrected chi connectivity index (χ0v) is 13.2. The number of nitrogens with one attached hydrogen (secondary N) is 2. The van der Waals surface area contributed by atoms with E-state index < -0.39 is 5.92 Å². The van der Waals surface area contributed by atoms with Gasteiger partial charge >= 0.3 is 0 Å². The molecule has 0 unspecified atom stereocenters. The molecule has 2 heterocycles. The Morgan fingerprint density at radius 1 is 1.25 bits per heavy atom. The maximum atomic E-state index is 12.3. The summed E-state index contributed by atoms with van der Waals surface area (Å²) in [4.78, 5) is 19.6. The molecule has 5 nitrogen and oxygen atoms in total. The van der Waals surface area contributed by atoms with Gasteiger partial charge in [-0.3, -0.25) is 4.79 Å². The van der Waals surface area contributed by atoms with Crippen molar-refractivity contribution in [2.24, 2.45) is 5.92 Å². The van der Waals surface area contributed by atoms with Gasteiger partial charge in [0, 0.05) is 24.3 Å². The molecule has 1 aromatic carbocycles. The Labute approximate surface area is 140 Å². The van der Waals surface area contributed by atoms with Gasteiger partial charge in [0.05, 0.1) is 6.07 Å². The summed E-state index contributed by atoms with van der Waals surface area (Å²) in [6.07, 6.45) is 4.65. The quantitative estimate of drug-likeness (QED) is 0.733. The lowest BCUT2D eigenvalue weighted by Crippen LogP contribution is -2.32. The van der Waals surface area contributed by atoms with Crippen molar-refractivity contribution in [3.63, 3.8) is 0 Å². The van der Waals surface area contributed by atoms with Crippen LogP contribution in [0.3, 0.4) is 0 Å². The highest BCUT2D eigenvalue weighted by molar-refractivity contribution is 5.84. The molecule has 24 heavy (non-hydrogen) atoms. The lowest BCUT2D eigenvalue weighted by Gasteiger charge is -2.10. The summed E-state index contributed by atoms with van der Waals surface area (Å²) in [5.74, 6) is -0.938. The van der Waals surface area contributed by atoms with Crippen LogP contribution in [0.5, 0.6) is 0 Å². The zero-order valence-electron chi connectivity index (χ0n) is 13.2. The molecule has 0 bridgehead atoms. The number of pyridine rings is 1. The molecular weight excluding hydrogens is 300 g/mol. The van der Waals surface area contributed by atoms with E-state index in [1.165, 1.54) is 0 Å². The second-order valence-electron chi connectivity index (χ2n) is 5.63. The van der Waals surface area contributed by atoms with Crippen LogP contribution in [0, 0.1) is 17.2 Å². The summed E-state index contributed by atoms with van der Waals surface area (Å²) < 4.78 is 0. The maximum Gasteiger partial charge on any atom is 0.237 e. The Hall–Kier alpha value is -3.13. The van der Waals surface area contributed by atoms with Crippen LogP contribution in [0.25, 0.3) is 11.0 Å². The summed E-state index contributed by atoms with van der Waals surface area (Å²) in [6.45, 7) is 0.524. The van der Waals surface area contributed by atoms with Crippen molar-refractivity contribution in [1.82, 2.24) is 15.3 Å². The Bertz CT molecular complexity index is 864. The van der Waals surface area contributed by atoms with Crippen LogP contribution in [0.15, 0.2) is 54.9 Å². The molecule has 0 spiro atoms. The molecule has 2 aromatic heterocycles. The number of aromatic amines is 1. The van der Waals surface area contributed by atoms with E-state index in [4.69, 9.17) is 0 Å². The highest BCUT2D eigenvalue weighted by atomic mass is 16.1. The first-order chi connectivity index (χ1) is 11.8. The number of carbonyl (C=O) groups excluding carboxylic acids is 1. The van der Waals surface area contributed by atoms with Crippen molar-refractivity contribution in [2.75, 3.05) is 6.54 Å². The number of hydrogen-bond acceptors (Lipinski definition) is 3. The molecule has 120 valence electrons. The Balaban J connectivity index is 1.59. The number of H-pyrrole nitrogens is 1. The fraction of sp³-hybridized carbons (Fsp3) is 0.211. The van der Waals surface area contributed by atoms with Crippen LogP contribution in [0.4, 0.5) is 0 Å². The van der Waals surface area contributed by atoms with Gasteiger partial charge < -0.3 is 10.3 Å². The van der Waals surface area contributed by atoms with E-state index in [9.17, 15) is 10.1 Å². The minimum Gasteiger partial charge on any atom is -0.355 e. The van der Waals surface area contributed by atoms with E-state index in [-0.39, 0.29) is 5.91 Å². The predicted octanol–water partition coefficient (Wildman–Crippen LogP) is 2.60. The highest BCUT2D eigenvalue weighted by Gasteiger charge is 2.19. The molecule has 0 aliphatic rings. The van der Waals surface area contributed by atoms with E-state index in [1.54, 1.807) is 6.20 Å². The molecule has 3 rings (SSSR count).